The van der Waals surface area contributed by atoms with E-state index in [4.69, 9.17) is 21.6 Å². The number of hydrogen-bond acceptors (Lipinski definition) is 5. The molecule has 0 atom stereocenters. The predicted octanol–water partition coefficient (Wildman–Crippen LogP) is 6.27. The highest BCUT2D eigenvalue weighted by molar-refractivity contribution is 6.31. The SMILES string of the molecule is O=C(c1ccc(Nc2ncc3c(n2)-c2ccc(Cl)cc2C(c2ccccc2F)=NC3)cc1)N1CCCC1. The highest BCUT2D eigenvalue weighted by Crippen LogP contribution is 2.34. The number of anilines is 2. The van der Waals surface area contributed by atoms with Gasteiger partial charge in [-0.15, -0.1) is 0 Å². The molecule has 1 aromatic heterocycles. The molecule has 184 valence electrons. The molecule has 1 amide bonds. The number of carbonyl (C=O) groups excluding carboxylic acids is 1. The fraction of sp³-hybridized carbons (Fsp3) is 0.172. The smallest absolute Gasteiger partial charge is 0.253 e. The summed E-state index contributed by atoms with van der Waals surface area (Å²) in [6, 6.07) is 19.4. The topological polar surface area (TPSA) is 70.5 Å². The van der Waals surface area contributed by atoms with Crippen LogP contribution in [0.2, 0.25) is 5.02 Å². The molecule has 0 spiro atoms. The summed E-state index contributed by atoms with van der Waals surface area (Å²) in [7, 11) is 0. The second kappa shape index (κ2) is 9.75. The number of hydrogen-bond donors (Lipinski definition) is 1. The van der Waals surface area contributed by atoms with Crippen molar-refractivity contribution in [3.8, 4) is 11.3 Å². The normalized spacial score (nSPS) is 14.4. The van der Waals surface area contributed by atoms with Gasteiger partial charge in [-0.1, -0.05) is 29.8 Å². The fourth-order valence-electron chi connectivity index (χ4n) is 4.80. The van der Waals surface area contributed by atoms with Crippen molar-refractivity contribution in [2.75, 3.05) is 18.4 Å². The van der Waals surface area contributed by atoms with Crippen LogP contribution in [0, 0.1) is 5.82 Å². The Labute approximate surface area is 218 Å². The Morgan fingerprint density at radius 1 is 0.946 bits per heavy atom. The molecule has 1 saturated heterocycles. The minimum atomic E-state index is -0.349. The van der Waals surface area contributed by atoms with Gasteiger partial charge in [0, 0.05) is 57.8 Å². The molecule has 0 bridgehead atoms. The zero-order valence-electron chi connectivity index (χ0n) is 19.9. The number of nitrogens with zero attached hydrogens (tertiary/aromatic N) is 4. The third-order valence-corrected chi connectivity index (χ3v) is 6.91. The number of rotatable bonds is 4. The van der Waals surface area contributed by atoms with Gasteiger partial charge in [0.25, 0.3) is 5.91 Å². The molecule has 1 N–H and O–H groups in total. The molecule has 0 aliphatic carbocycles. The van der Waals surface area contributed by atoms with Gasteiger partial charge >= 0.3 is 0 Å². The first kappa shape index (κ1) is 23.3. The van der Waals surface area contributed by atoms with Crippen molar-refractivity contribution in [2.24, 2.45) is 4.99 Å². The Hall–Kier alpha value is -4.10. The van der Waals surface area contributed by atoms with Gasteiger partial charge in [-0.05, 0) is 61.4 Å². The number of carbonyl (C=O) groups is 1. The minimum Gasteiger partial charge on any atom is -0.339 e. The van der Waals surface area contributed by atoms with Crippen molar-refractivity contribution < 1.29 is 9.18 Å². The highest BCUT2D eigenvalue weighted by Gasteiger charge is 2.23. The fourth-order valence-corrected chi connectivity index (χ4v) is 4.97. The van der Waals surface area contributed by atoms with E-state index in [9.17, 15) is 9.18 Å². The van der Waals surface area contributed by atoms with Crippen LogP contribution in [0.3, 0.4) is 0 Å². The standard InChI is InChI=1S/C29H23ClFN5O/c30-20-9-12-22-24(15-20)27(23-5-1-2-6-25(23)31)32-16-19-17-33-29(35-26(19)22)34-21-10-7-18(8-11-21)28(37)36-13-3-4-14-36/h1-2,5-12,15,17H,3-4,13-14,16H2,(H,33,34,35). The molecule has 4 aromatic rings. The average Bonchev–Trinajstić information content (AvgIpc) is 3.41. The van der Waals surface area contributed by atoms with Crippen LogP contribution in [0.25, 0.3) is 11.3 Å². The molecule has 3 heterocycles. The van der Waals surface area contributed by atoms with Gasteiger partial charge in [0.2, 0.25) is 5.95 Å². The minimum absolute atomic E-state index is 0.0613. The van der Waals surface area contributed by atoms with Crippen molar-refractivity contribution in [2.45, 2.75) is 19.4 Å². The van der Waals surface area contributed by atoms with Gasteiger partial charge in [-0.2, -0.15) is 0 Å². The number of aliphatic imine (C=N–C) groups is 1. The second-order valence-corrected chi connectivity index (χ2v) is 9.54. The van der Waals surface area contributed by atoms with Crippen LogP contribution < -0.4 is 5.32 Å². The molecule has 8 heteroatoms. The van der Waals surface area contributed by atoms with Gasteiger partial charge in [-0.25, -0.2) is 14.4 Å². The Balaban J connectivity index is 1.32. The lowest BCUT2D eigenvalue weighted by molar-refractivity contribution is 0.0793. The Bertz CT molecular complexity index is 1530. The van der Waals surface area contributed by atoms with Gasteiger partial charge in [0.15, 0.2) is 0 Å². The van der Waals surface area contributed by atoms with Crippen LogP contribution in [-0.2, 0) is 6.54 Å². The molecule has 2 aliphatic heterocycles. The number of benzene rings is 3. The molecule has 0 unspecified atom stereocenters. The summed E-state index contributed by atoms with van der Waals surface area (Å²) < 4.78 is 14.7. The number of likely N-dealkylation sites (tertiary alicyclic amines) is 1. The Kier molecular flexibility index (Phi) is 6.14. The number of aromatic nitrogens is 2. The van der Waals surface area contributed by atoms with Crippen LogP contribution in [-0.4, -0.2) is 39.6 Å². The highest BCUT2D eigenvalue weighted by atomic mass is 35.5. The molecule has 37 heavy (non-hydrogen) atoms. The van der Waals surface area contributed by atoms with Crippen LogP contribution in [0.5, 0.6) is 0 Å². The van der Waals surface area contributed by atoms with Gasteiger partial charge < -0.3 is 10.2 Å². The van der Waals surface area contributed by atoms with E-state index in [-0.39, 0.29) is 11.7 Å². The predicted molar refractivity (Wildman–Crippen MR) is 143 cm³/mol. The number of halogens is 2. The zero-order valence-corrected chi connectivity index (χ0v) is 20.7. The van der Waals surface area contributed by atoms with Gasteiger partial charge in [-0.3, -0.25) is 9.79 Å². The van der Waals surface area contributed by atoms with Crippen LogP contribution in [0.4, 0.5) is 16.0 Å². The lowest BCUT2D eigenvalue weighted by atomic mass is 9.95. The molecular formula is C29H23ClFN5O. The molecule has 6 nitrogen and oxygen atoms in total. The third kappa shape index (κ3) is 4.58. The number of nitrogens with one attached hydrogen (secondary N) is 1. The van der Waals surface area contributed by atoms with E-state index < -0.39 is 0 Å². The van der Waals surface area contributed by atoms with E-state index in [1.165, 1.54) is 6.07 Å². The van der Waals surface area contributed by atoms with E-state index in [0.29, 0.717) is 45.6 Å². The van der Waals surface area contributed by atoms with E-state index in [0.717, 1.165) is 42.7 Å². The van der Waals surface area contributed by atoms with Crippen LogP contribution in [0.1, 0.15) is 39.9 Å². The van der Waals surface area contributed by atoms with E-state index in [1.54, 1.807) is 36.5 Å². The molecule has 3 aromatic carbocycles. The summed E-state index contributed by atoms with van der Waals surface area (Å²) in [6.07, 6.45) is 3.86. The summed E-state index contributed by atoms with van der Waals surface area (Å²) in [5.74, 6) is 0.122. The van der Waals surface area contributed by atoms with Gasteiger partial charge in [0.1, 0.15) is 5.82 Å². The zero-order chi connectivity index (χ0) is 25.4. The summed E-state index contributed by atoms with van der Waals surface area (Å²) in [4.78, 5) is 28.5. The molecule has 0 radical (unpaired) electrons. The molecule has 0 saturated carbocycles. The first-order chi connectivity index (χ1) is 18.1. The summed E-state index contributed by atoms with van der Waals surface area (Å²) in [5.41, 5.74) is 5.42. The Morgan fingerprint density at radius 2 is 1.73 bits per heavy atom. The van der Waals surface area contributed by atoms with Crippen LogP contribution >= 0.6 is 11.6 Å². The van der Waals surface area contributed by atoms with E-state index in [1.807, 2.05) is 35.2 Å². The second-order valence-electron chi connectivity index (χ2n) is 9.10. The Morgan fingerprint density at radius 3 is 2.51 bits per heavy atom. The average molecular weight is 512 g/mol. The molecular weight excluding hydrogens is 489 g/mol. The van der Waals surface area contributed by atoms with Crippen molar-refractivity contribution in [3.05, 3.63) is 106 Å². The third-order valence-electron chi connectivity index (χ3n) is 6.67. The summed E-state index contributed by atoms with van der Waals surface area (Å²) in [6.45, 7) is 1.94. The van der Waals surface area contributed by atoms with Crippen molar-refractivity contribution in [3.63, 3.8) is 0 Å². The lowest BCUT2D eigenvalue weighted by Crippen LogP contribution is -2.27. The maximum atomic E-state index is 14.7. The van der Waals surface area contributed by atoms with Crippen molar-refractivity contribution >= 4 is 34.9 Å². The monoisotopic (exact) mass is 511 g/mol. The largest absolute Gasteiger partial charge is 0.339 e. The maximum absolute atomic E-state index is 14.7. The van der Waals surface area contributed by atoms with E-state index >= 15 is 0 Å². The summed E-state index contributed by atoms with van der Waals surface area (Å²) in [5, 5.41) is 3.76. The quantitative estimate of drug-likeness (QED) is 0.351. The van der Waals surface area contributed by atoms with Gasteiger partial charge in [0.05, 0.1) is 18.0 Å². The summed E-state index contributed by atoms with van der Waals surface area (Å²) >= 11 is 6.34. The maximum Gasteiger partial charge on any atom is 0.253 e. The molecule has 2 aliphatic rings. The van der Waals surface area contributed by atoms with Crippen molar-refractivity contribution in [1.29, 1.82) is 0 Å². The number of amides is 1. The number of fused-ring (bicyclic) bond motifs is 3. The van der Waals surface area contributed by atoms with Crippen LogP contribution in [0.15, 0.2) is 77.9 Å². The molecule has 6 rings (SSSR count). The molecule has 1 fully saturated rings. The first-order valence-corrected chi connectivity index (χ1v) is 12.6. The van der Waals surface area contributed by atoms with Crippen molar-refractivity contribution in [1.82, 2.24) is 14.9 Å². The van der Waals surface area contributed by atoms with E-state index in [2.05, 4.69) is 10.3 Å². The first-order valence-electron chi connectivity index (χ1n) is 12.2. The lowest BCUT2D eigenvalue weighted by Gasteiger charge is -2.15.